The van der Waals surface area contributed by atoms with Crippen LogP contribution in [-0.4, -0.2) is 54.1 Å². The molecule has 0 unspecified atom stereocenters. The summed E-state index contributed by atoms with van der Waals surface area (Å²) in [5, 5.41) is 0. The van der Waals surface area contributed by atoms with Crippen LogP contribution in [-0.2, 0) is 0 Å². The number of fused-ring (bicyclic) bond motifs is 1. The molecule has 5 rings (SSSR count). The van der Waals surface area contributed by atoms with Crippen LogP contribution in [0, 0.1) is 0 Å². The molecule has 0 atom stereocenters. The molecule has 7 heteroatoms. The van der Waals surface area contributed by atoms with E-state index in [1.54, 1.807) is 25.5 Å². The maximum absolute atomic E-state index is 13.3. The molecule has 1 aliphatic heterocycles. The summed E-state index contributed by atoms with van der Waals surface area (Å²) in [4.78, 5) is 27.0. The van der Waals surface area contributed by atoms with E-state index in [4.69, 9.17) is 19.1 Å². The van der Waals surface area contributed by atoms with E-state index >= 15 is 0 Å². The van der Waals surface area contributed by atoms with Gasteiger partial charge in [-0.3, -0.25) is 4.79 Å². The Morgan fingerprint density at radius 3 is 2.60 bits per heavy atom. The highest BCUT2D eigenvalue weighted by Gasteiger charge is 2.24. The van der Waals surface area contributed by atoms with Crippen LogP contribution < -0.4 is 9.64 Å². The summed E-state index contributed by atoms with van der Waals surface area (Å²) in [5.41, 5.74) is 4.30. The van der Waals surface area contributed by atoms with E-state index in [1.165, 1.54) is 0 Å². The van der Waals surface area contributed by atoms with Crippen molar-refractivity contribution in [3.05, 3.63) is 90.8 Å². The first-order chi connectivity index (χ1) is 17.2. The van der Waals surface area contributed by atoms with E-state index in [9.17, 15) is 4.79 Å². The van der Waals surface area contributed by atoms with Crippen LogP contribution in [0.25, 0.3) is 28.6 Å². The molecule has 0 spiro atoms. The molecule has 0 N–H and O–H groups in total. The number of methoxy groups -OCH3 is 1. The Balaban J connectivity index is 1.38. The smallest absolute Gasteiger partial charge is 0.254 e. The first kappa shape index (κ1) is 22.4. The number of amides is 1. The molecule has 2 aromatic heterocycles. The van der Waals surface area contributed by atoms with E-state index in [1.807, 2.05) is 65.6 Å². The lowest BCUT2D eigenvalue weighted by Crippen LogP contribution is -2.48. The van der Waals surface area contributed by atoms with Crippen molar-refractivity contribution in [3.8, 4) is 17.2 Å². The van der Waals surface area contributed by atoms with Crippen LogP contribution in [0.15, 0.2) is 84.0 Å². The second-order valence-electron chi connectivity index (χ2n) is 8.18. The minimum Gasteiger partial charge on any atom is -0.495 e. The van der Waals surface area contributed by atoms with E-state index in [2.05, 4.69) is 11.5 Å². The number of ether oxygens (including phenoxy) is 1. The minimum absolute atomic E-state index is 0.00771. The number of nitrogens with zero attached hydrogens (tertiary/aromatic N) is 4. The number of para-hydroxylation sites is 2. The molecule has 2 aromatic carbocycles. The lowest BCUT2D eigenvalue weighted by Gasteiger charge is -2.36. The van der Waals surface area contributed by atoms with Crippen molar-refractivity contribution in [3.63, 3.8) is 0 Å². The maximum Gasteiger partial charge on any atom is 0.254 e. The lowest BCUT2D eigenvalue weighted by atomic mass is 10.1. The molecular weight excluding hydrogens is 440 g/mol. The van der Waals surface area contributed by atoms with Gasteiger partial charge in [0.25, 0.3) is 5.91 Å². The standard InChI is InChI=1S/C28H26N4O3/c1-3-4-8-22-27(26-11-7-18-35-26)30-21-13-12-20(19-23(21)29-22)28(33)32-16-14-31(15-17-32)24-9-5-6-10-25(24)34-2/h3-13,18-19H,1,14-17H2,2H3. The van der Waals surface area contributed by atoms with Crippen molar-refractivity contribution < 1.29 is 13.9 Å². The van der Waals surface area contributed by atoms with Gasteiger partial charge >= 0.3 is 0 Å². The van der Waals surface area contributed by atoms with Crippen molar-refractivity contribution >= 4 is 28.7 Å². The molecular formula is C28H26N4O3. The van der Waals surface area contributed by atoms with Crippen molar-refractivity contribution in [2.75, 3.05) is 38.2 Å². The van der Waals surface area contributed by atoms with Gasteiger partial charge in [0.15, 0.2) is 5.76 Å². The van der Waals surface area contributed by atoms with Crippen LogP contribution >= 0.6 is 0 Å². The fourth-order valence-electron chi connectivity index (χ4n) is 4.30. The van der Waals surface area contributed by atoms with Crippen LogP contribution in [0.1, 0.15) is 16.1 Å². The number of carbonyl (C=O) groups is 1. The van der Waals surface area contributed by atoms with Gasteiger partial charge in [0.05, 0.1) is 35.8 Å². The Morgan fingerprint density at radius 2 is 1.86 bits per heavy atom. The average molecular weight is 467 g/mol. The van der Waals surface area contributed by atoms with Gasteiger partial charge in [0.1, 0.15) is 11.4 Å². The zero-order valence-corrected chi connectivity index (χ0v) is 19.6. The Kier molecular flexibility index (Phi) is 6.30. The van der Waals surface area contributed by atoms with E-state index in [0.29, 0.717) is 46.8 Å². The Hall–Kier alpha value is -4.39. The predicted molar refractivity (Wildman–Crippen MR) is 138 cm³/mol. The van der Waals surface area contributed by atoms with E-state index in [0.717, 1.165) is 24.5 Å². The molecule has 1 fully saturated rings. The van der Waals surface area contributed by atoms with Gasteiger partial charge in [0.2, 0.25) is 0 Å². The number of benzene rings is 2. The first-order valence-electron chi connectivity index (χ1n) is 11.5. The number of furan rings is 1. The average Bonchev–Trinajstić information content (AvgIpc) is 3.45. The van der Waals surface area contributed by atoms with Crippen LogP contribution in [0.3, 0.4) is 0 Å². The van der Waals surface area contributed by atoms with Crippen LogP contribution in [0.4, 0.5) is 5.69 Å². The summed E-state index contributed by atoms with van der Waals surface area (Å²) in [6.07, 6.45) is 6.93. The molecule has 0 bridgehead atoms. The normalized spacial score (nSPS) is 14.0. The minimum atomic E-state index is -0.00771. The largest absolute Gasteiger partial charge is 0.495 e. The highest BCUT2D eigenvalue weighted by Crippen LogP contribution is 2.29. The van der Waals surface area contributed by atoms with E-state index in [-0.39, 0.29) is 5.91 Å². The maximum atomic E-state index is 13.3. The van der Waals surface area contributed by atoms with Crippen LogP contribution in [0.2, 0.25) is 0 Å². The fraction of sp³-hybridized carbons (Fsp3) is 0.179. The second-order valence-corrected chi connectivity index (χ2v) is 8.18. The molecule has 0 radical (unpaired) electrons. The molecule has 0 aliphatic carbocycles. The number of allylic oxidation sites excluding steroid dienone is 2. The highest BCUT2D eigenvalue weighted by molar-refractivity contribution is 5.97. The number of rotatable bonds is 6. The van der Waals surface area contributed by atoms with Gasteiger partial charge in [-0.2, -0.15) is 0 Å². The molecule has 0 saturated carbocycles. The first-order valence-corrected chi connectivity index (χ1v) is 11.5. The third-order valence-corrected chi connectivity index (χ3v) is 6.08. The molecule has 7 nitrogen and oxygen atoms in total. The molecule has 176 valence electrons. The number of hydrogen-bond acceptors (Lipinski definition) is 6. The molecule has 1 aliphatic rings. The van der Waals surface area contributed by atoms with Gasteiger partial charge in [-0.05, 0) is 48.5 Å². The molecule has 1 saturated heterocycles. The summed E-state index contributed by atoms with van der Waals surface area (Å²) in [6.45, 7) is 6.47. The number of aromatic nitrogens is 2. The summed E-state index contributed by atoms with van der Waals surface area (Å²) in [7, 11) is 1.68. The number of hydrogen-bond donors (Lipinski definition) is 0. The number of piperazine rings is 1. The van der Waals surface area contributed by atoms with Crippen molar-refractivity contribution in [1.82, 2.24) is 14.9 Å². The third kappa shape index (κ3) is 4.53. The Labute approximate surface area is 204 Å². The molecule has 1 amide bonds. The van der Waals surface area contributed by atoms with Crippen molar-refractivity contribution in [1.29, 1.82) is 0 Å². The zero-order valence-electron chi connectivity index (χ0n) is 19.6. The zero-order chi connectivity index (χ0) is 24.2. The Morgan fingerprint density at radius 1 is 1.03 bits per heavy atom. The Bertz CT molecular complexity index is 1390. The summed E-state index contributed by atoms with van der Waals surface area (Å²) in [5.74, 6) is 1.47. The second kappa shape index (κ2) is 9.85. The third-order valence-electron chi connectivity index (χ3n) is 6.08. The quantitative estimate of drug-likeness (QED) is 0.370. The van der Waals surface area contributed by atoms with Gasteiger partial charge in [-0.1, -0.05) is 30.9 Å². The van der Waals surface area contributed by atoms with Gasteiger partial charge in [-0.15, -0.1) is 0 Å². The highest BCUT2D eigenvalue weighted by atomic mass is 16.5. The lowest BCUT2D eigenvalue weighted by molar-refractivity contribution is 0.0747. The van der Waals surface area contributed by atoms with E-state index < -0.39 is 0 Å². The van der Waals surface area contributed by atoms with Gasteiger partial charge in [0, 0.05) is 31.7 Å². The number of carbonyl (C=O) groups excluding carboxylic acids is 1. The van der Waals surface area contributed by atoms with Crippen molar-refractivity contribution in [2.45, 2.75) is 0 Å². The summed E-state index contributed by atoms with van der Waals surface area (Å²) >= 11 is 0. The van der Waals surface area contributed by atoms with Crippen LogP contribution in [0.5, 0.6) is 5.75 Å². The predicted octanol–water partition coefficient (Wildman–Crippen LogP) is 5.06. The van der Waals surface area contributed by atoms with Gasteiger partial charge < -0.3 is 19.0 Å². The fourth-order valence-corrected chi connectivity index (χ4v) is 4.30. The summed E-state index contributed by atoms with van der Waals surface area (Å²) in [6, 6.07) is 17.1. The molecule has 4 aromatic rings. The molecule has 35 heavy (non-hydrogen) atoms. The molecule has 3 heterocycles. The monoisotopic (exact) mass is 466 g/mol. The SMILES string of the molecule is C=CC=Cc1nc2cc(C(=O)N3CCN(c4ccccc4OC)CC3)ccc2nc1-c1ccco1. The van der Waals surface area contributed by atoms with Crippen molar-refractivity contribution in [2.24, 2.45) is 0 Å². The van der Waals surface area contributed by atoms with Gasteiger partial charge in [-0.25, -0.2) is 9.97 Å². The number of anilines is 1. The summed E-state index contributed by atoms with van der Waals surface area (Å²) < 4.78 is 11.0. The topological polar surface area (TPSA) is 71.7 Å².